The molecule has 2 fully saturated rings. The number of phenolic OH excluding ortho intramolecular Hbond substituents is 1. The third-order valence-corrected chi connectivity index (χ3v) is 7.03. The first-order valence-corrected chi connectivity index (χ1v) is 11.1. The first-order chi connectivity index (χ1) is 15.3. The molecule has 5 atom stereocenters. The van der Waals surface area contributed by atoms with Crippen LogP contribution in [0.2, 0.25) is 0 Å². The van der Waals surface area contributed by atoms with Crippen LogP contribution >= 0.6 is 0 Å². The van der Waals surface area contributed by atoms with Gasteiger partial charge in [0, 0.05) is 42.7 Å². The van der Waals surface area contributed by atoms with Gasteiger partial charge in [-0.05, 0) is 56.4 Å². The molecule has 8 heteroatoms. The normalized spacial score (nSPS) is 29.6. The average molecular weight is 437 g/mol. The Balaban J connectivity index is 1.36. The smallest absolute Gasteiger partial charge is 0.151 e. The molecule has 2 bridgehead atoms. The lowest BCUT2D eigenvalue weighted by Gasteiger charge is -2.53. The molecule has 32 heavy (non-hydrogen) atoms. The van der Waals surface area contributed by atoms with Crippen LogP contribution < -0.4 is 10.2 Å². The SMILES string of the molecule is C[C@@H]1CC2C[C@H](N(C)c3ccc(-c4ccc(-n5ccnc5)cc4O)nn3)[C@@H](F)[C@@](C)(C1)N2. The summed E-state index contributed by atoms with van der Waals surface area (Å²) in [4.78, 5) is 5.95. The van der Waals surface area contributed by atoms with Crippen molar-refractivity contribution in [3.8, 4) is 22.7 Å². The lowest BCUT2D eigenvalue weighted by atomic mass is 9.70. The summed E-state index contributed by atoms with van der Waals surface area (Å²) in [5, 5.41) is 22.8. The number of aromatic hydroxyl groups is 1. The predicted molar refractivity (Wildman–Crippen MR) is 122 cm³/mol. The van der Waals surface area contributed by atoms with Crippen molar-refractivity contribution in [3.63, 3.8) is 0 Å². The predicted octanol–water partition coefficient (Wildman–Crippen LogP) is 3.73. The number of rotatable bonds is 4. The molecule has 1 unspecified atom stereocenters. The van der Waals surface area contributed by atoms with Crippen LogP contribution in [0, 0.1) is 5.92 Å². The zero-order valence-corrected chi connectivity index (χ0v) is 18.6. The molecule has 0 radical (unpaired) electrons. The minimum atomic E-state index is -0.993. The second-order valence-corrected chi connectivity index (χ2v) is 9.57. The zero-order valence-electron chi connectivity index (χ0n) is 18.6. The number of anilines is 1. The van der Waals surface area contributed by atoms with Gasteiger partial charge in [0.15, 0.2) is 5.82 Å². The summed E-state index contributed by atoms with van der Waals surface area (Å²) in [5.41, 5.74) is 1.46. The van der Waals surface area contributed by atoms with Crippen molar-refractivity contribution in [2.45, 2.75) is 56.9 Å². The number of piperidine rings is 2. The molecule has 2 aromatic heterocycles. The first kappa shape index (κ1) is 20.9. The number of hydrogen-bond acceptors (Lipinski definition) is 6. The quantitative estimate of drug-likeness (QED) is 0.649. The van der Waals surface area contributed by atoms with Gasteiger partial charge < -0.3 is 19.9 Å². The van der Waals surface area contributed by atoms with Crippen LogP contribution in [0.5, 0.6) is 5.75 Å². The van der Waals surface area contributed by atoms with E-state index in [1.165, 1.54) is 0 Å². The molecular formula is C24H29FN6O. The van der Waals surface area contributed by atoms with Crippen molar-refractivity contribution in [2.75, 3.05) is 11.9 Å². The molecule has 2 saturated heterocycles. The Bertz CT molecular complexity index is 1080. The molecule has 5 rings (SSSR count). The fourth-order valence-electron chi connectivity index (χ4n) is 5.55. The summed E-state index contributed by atoms with van der Waals surface area (Å²) in [5.74, 6) is 1.28. The number of benzene rings is 1. The van der Waals surface area contributed by atoms with Crippen molar-refractivity contribution in [1.82, 2.24) is 25.1 Å². The lowest BCUT2D eigenvalue weighted by Crippen LogP contribution is -2.69. The number of hydrogen-bond donors (Lipinski definition) is 2. The molecule has 0 amide bonds. The van der Waals surface area contributed by atoms with Gasteiger partial charge in [0.1, 0.15) is 11.9 Å². The number of imidazole rings is 1. The van der Waals surface area contributed by atoms with Crippen LogP contribution in [-0.4, -0.2) is 55.7 Å². The van der Waals surface area contributed by atoms with E-state index in [-0.39, 0.29) is 11.8 Å². The molecule has 7 nitrogen and oxygen atoms in total. The van der Waals surface area contributed by atoms with Crippen molar-refractivity contribution in [1.29, 1.82) is 0 Å². The van der Waals surface area contributed by atoms with Crippen LogP contribution in [0.15, 0.2) is 49.1 Å². The largest absolute Gasteiger partial charge is 0.507 e. The van der Waals surface area contributed by atoms with Crippen LogP contribution in [0.1, 0.15) is 33.1 Å². The van der Waals surface area contributed by atoms with Crippen molar-refractivity contribution in [3.05, 3.63) is 49.1 Å². The van der Waals surface area contributed by atoms with E-state index in [0.29, 0.717) is 29.0 Å². The molecule has 4 heterocycles. The fraction of sp³-hybridized carbons (Fsp3) is 0.458. The average Bonchev–Trinajstić information content (AvgIpc) is 3.30. The number of phenols is 1. The van der Waals surface area contributed by atoms with Crippen molar-refractivity contribution >= 4 is 5.82 Å². The van der Waals surface area contributed by atoms with Gasteiger partial charge >= 0.3 is 0 Å². The highest BCUT2D eigenvalue weighted by molar-refractivity contribution is 5.69. The number of nitrogens with zero attached hydrogens (tertiary/aromatic N) is 5. The molecule has 2 N–H and O–H groups in total. The van der Waals surface area contributed by atoms with Gasteiger partial charge in [0.25, 0.3) is 0 Å². The number of nitrogens with one attached hydrogen (secondary N) is 1. The zero-order chi connectivity index (χ0) is 22.5. The summed E-state index contributed by atoms with van der Waals surface area (Å²) in [6, 6.07) is 9.11. The molecule has 2 aliphatic heterocycles. The van der Waals surface area contributed by atoms with Crippen LogP contribution in [0.25, 0.3) is 16.9 Å². The van der Waals surface area contributed by atoms with Crippen LogP contribution in [0.4, 0.5) is 10.2 Å². The Hall–Kier alpha value is -3.00. The molecule has 3 aromatic rings. The number of halogens is 1. The highest BCUT2D eigenvalue weighted by atomic mass is 19.1. The number of aromatic nitrogens is 4. The first-order valence-electron chi connectivity index (χ1n) is 11.1. The van der Waals surface area contributed by atoms with E-state index in [4.69, 9.17) is 0 Å². The third-order valence-electron chi connectivity index (χ3n) is 7.03. The van der Waals surface area contributed by atoms with Gasteiger partial charge in [0.05, 0.1) is 23.8 Å². The summed E-state index contributed by atoms with van der Waals surface area (Å²) < 4.78 is 17.4. The van der Waals surface area contributed by atoms with Gasteiger partial charge in [-0.2, -0.15) is 0 Å². The second-order valence-electron chi connectivity index (χ2n) is 9.57. The topological polar surface area (TPSA) is 79.1 Å². The lowest BCUT2D eigenvalue weighted by molar-refractivity contribution is 0.0210. The molecular weight excluding hydrogens is 407 g/mol. The van der Waals surface area contributed by atoms with Gasteiger partial charge in [-0.15, -0.1) is 10.2 Å². The standard InChI is InChI=1S/C24H29FN6O/c1-15-10-16-11-20(23(25)24(2,13-15)27-16)30(3)22-7-6-19(28-29-22)18-5-4-17(12-21(18)32)31-9-8-26-14-31/h4-9,12,14-16,20,23,27,32H,10-11,13H2,1-3H3/t15-,16?,20+,23-,24-/m1/s1. The Morgan fingerprint density at radius 1 is 1.22 bits per heavy atom. The molecule has 1 aromatic carbocycles. The van der Waals surface area contributed by atoms with Crippen molar-refractivity contribution in [2.24, 2.45) is 5.92 Å². The molecule has 0 spiro atoms. The monoisotopic (exact) mass is 436 g/mol. The van der Waals surface area contributed by atoms with Gasteiger partial charge in [-0.3, -0.25) is 0 Å². The van der Waals surface area contributed by atoms with E-state index in [2.05, 4.69) is 27.4 Å². The minimum absolute atomic E-state index is 0.114. The number of alkyl halides is 1. The maximum Gasteiger partial charge on any atom is 0.151 e. The van der Waals surface area contributed by atoms with E-state index < -0.39 is 11.7 Å². The second kappa shape index (κ2) is 7.85. The van der Waals surface area contributed by atoms with E-state index in [0.717, 1.165) is 24.9 Å². The van der Waals surface area contributed by atoms with E-state index in [1.54, 1.807) is 18.6 Å². The Labute approximate surface area is 187 Å². The van der Waals surface area contributed by atoms with Gasteiger partial charge in [-0.1, -0.05) is 6.92 Å². The van der Waals surface area contributed by atoms with Crippen LogP contribution in [-0.2, 0) is 0 Å². The maximum atomic E-state index is 15.6. The third kappa shape index (κ3) is 3.62. The highest BCUT2D eigenvalue weighted by Crippen LogP contribution is 2.41. The maximum absolute atomic E-state index is 15.6. The van der Waals surface area contributed by atoms with Gasteiger partial charge in [-0.25, -0.2) is 9.37 Å². The Morgan fingerprint density at radius 2 is 2.06 bits per heavy atom. The summed E-state index contributed by atoms with van der Waals surface area (Å²) in [6.45, 7) is 4.22. The Kier molecular flexibility index (Phi) is 5.12. The van der Waals surface area contributed by atoms with Crippen molar-refractivity contribution < 1.29 is 9.50 Å². The fourth-order valence-corrected chi connectivity index (χ4v) is 5.55. The summed E-state index contributed by atoms with van der Waals surface area (Å²) in [6.07, 6.45) is 6.84. The number of fused-ring (bicyclic) bond motifs is 2. The molecule has 2 aliphatic rings. The summed E-state index contributed by atoms with van der Waals surface area (Å²) >= 11 is 0. The Morgan fingerprint density at radius 3 is 2.75 bits per heavy atom. The van der Waals surface area contributed by atoms with Crippen LogP contribution in [0.3, 0.4) is 0 Å². The highest BCUT2D eigenvalue weighted by Gasteiger charge is 2.51. The molecule has 0 saturated carbocycles. The van der Waals surface area contributed by atoms with E-state index in [1.807, 2.05) is 53.9 Å². The van der Waals surface area contributed by atoms with E-state index >= 15 is 4.39 Å². The van der Waals surface area contributed by atoms with E-state index in [9.17, 15) is 5.11 Å². The molecule has 0 aliphatic carbocycles. The molecule has 168 valence electrons. The summed E-state index contributed by atoms with van der Waals surface area (Å²) in [7, 11) is 1.89. The minimum Gasteiger partial charge on any atom is -0.507 e. The van der Waals surface area contributed by atoms with Gasteiger partial charge in [0.2, 0.25) is 0 Å².